The zero-order chi connectivity index (χ0) is 27.9. The van der Waals surface area contributed by atoms with Gasteiger partial charge in [-0.15, -0.1) is 0 Å². The van der Waals surface area contributed by atoms with E-state index in [0.29, 0.717) is 17.1 Å². The summed E-state index contributed by atoms with van der Waals surface area (Å²) in [5.41, 5.74) is 0.130. The number of sulfonamides is 1. The average Bonchev–Trinajstić information content (AvgIpc) is 2.81. The van der Waals surface area contributed by atoms with Crippen molar-refractivity contribution in [3.63, 3.8) is 0 Å². The minimum atomic E-state index is -4.03. The van der Waals surface area contributed by atoms with E-state index in [0.717, 1.165) is 16.6 Å². The number of nitrogens with one attached hydrogen (secondary N) is 1. The molecule has 2 aromatic carbocycles. The molecule has 0 radical (unpaired) electrons. The van der Waals surface area contributed by atoms with Gasteiger partial charge in [0.05, 0.1) is 16.9 Å². The predicted octanol–water partition coefficient (Wildman–Crippen LogP) is 4.25. The molecule has 0 heterocycles. The van der Waals surface area contributed by atoms with Crippen LogP contribution in [0.5, 0.6) is 0 Å². The number of nitro groups is 1. The third-order valence-corrected chi connectivity index (χ3v) is 7.16. The average molecular weight is 573 g/mol. The Hall–Kier alpha value is -2.89. The van der Waals surface area contributed by atoms with Gasteiger partial charge in [-0.3, -0.25) is 24.0 Å². The first kappa shape index (κ1) is 30.3. The third kappa shape index (κ3) is 8.58. The zero-order valence-electron chi connectivity index (χ0n) is 21.0. The van der Waals surface area contributed by atoms with Crippen LogP contribution in [-0.4, -0.2) is 55.4 Å². The van der Waals surface area contributed by atoms with Gasteiger partial charge in [0.15, 0.2) is 0 Å². The van der Waals surface area contributed by atoms with Crippen LogP contribution in [0.15, 0.2) is 42.5 Å². The van der Waals surface area contributed by atoms with Crippen LogP contribution in [0.1, 0.15) is 32.8 Å². The van der Waals surface area contributed by atoms with Crippen LogP contribution in [0, 0.1) is 16.0 Å². The minimum Gasteiger partial charge on any atom is -0.354 e. The van der Waals surface area contributed by atoms with E-state index in [1.807, 2.05) is 13.8 Å². The highest BCUT2D eigenvalue weighted by molar-refractivity contribution is 7.92. The van der Waals surface area contributed by atoms with Gasteiger partial charge in [-0.2, -0.15) is 0 Å². The molecule has 0 saturated carbocycles. The van der Waals surface area contributed by atoms with Crippen molar-refractivity contribution in [1.29, 1.82) is 0 Å². The first-order valence-electron chi connectivity index (χ1n) is 11.5. The second-order valence-corrected chi connectivity index (χ2v) is 11.6. The maximum atomic E-state index is 13.7. The normalized spacial score (nSPS) is 12.2. The summed E-state index contributed by atoms with van der Waals surface area (Å²) in [6.07, 6.45) is 1.14. The lowest BCUT2D eigenvalue weighted by Gasteiger charge is -2.33. The summed E-state index contributed by atoms with van der Waals surface area (Å²) < 4.78 is 26.1. The topological polar surface area (TPSA) is 130 Å². The summed E-state index contributed by atoms with van der Waals surface area (Å²) in [5, 5.41) is 14.7. The number of non-ortho nitro benzene ring substituents is 1. The highest BCUT2D eigenvalue weighted by atomic mass is 35.5. The zero-order valence-corrected chi connectivity index (χ0v) is 23.3. The van der Waals surface area contributed by atoms with Crippen LogP contribution in [0.4, 0.5) is 11.4 Å². The molecule has 0 aromatic heterocycles. The Kier molecular flexibility index (Phi) is 10.7. The SMILES string of the molecule is CC[C@@H](C(=O)NCC(C)C)N(Cc1ccc(Cl)cc1Cl)C(=O)CN(c1cccc([N+](=O)[O-])c1)S(C)(=O)=O. The number of nitrogens with zero attached hydrogens (tertiary/aromatic N) is 3. The number of anilines is 1. The number of halogens is 2. The standard InChI is InChI=1S/C24H30Cl2N4O6S/c1-5-22(24(32)27-13-16(2)3)28(14-17-9-10-18(25)11-21(17)26)23(31)15-29(37(4,35)36)19-7-6-8-20(12-19)30(33)34/h6-12,16,22H,5,13-15H2,1-4H3,(H,27,32)/t22-/m0/s1. The number of carbonyl (C=O) groups is 2. The number of carbonyl (C=O) groups excluding carboxylic acids is 2. The Balaban J connectivity index is 2.49. The molecule has 37 heavy (non-hydrogen) atoms. The molecule has 0 spiro atoms. The molecule has 0 saturated heterocycles. The summed E-state index contributed by atoms with van der Waals surface area (Å²) in [4.78, 5) is 38.5. The van der Waals surface area contributed by atoms with Gasteiger partial charge in [0.25, 0.3) is 5.69 Å². The second kappa shape index (κ2) is 13.1. The van der Waals surface area contributed by atoms with Gasteiger partial charge in [0.1, 0.15) is 12.6 Å². The highest BCUT2D eigenvalue weighted by Crippen LogP contribution is 2.26. The molecule has 13 heteroatoms. The lowest BCUT2D eigenvalue weighted by atomic mass is 10.1. The van der Waals surface area contributed by atoms with Gasteiger partial charge in [-0.1, -0.05) is 56.1 Å². The Morgan fingerprint density at radius 3 is 2.35 bits per heavy atom. The molecule has 2 amide bonds. The maximum Gasteiger partial charge on any atom is 0.271 e. The molecule has 1 atom stereocenters. The van der Waals surface area contributed by atoms with E-state index in [4.69, 9.17) is 23.2 Å². The van der Waals surface area contributed by atoms with Crippen molar-refractivity contribution < 1.29 is 22.9 Å². The number of rotatable bonds is 12. The number of amides is 2. The van der Waals surface area contributed by atoms with Crippen molar-refractivity contribution in [2.24, 2.45) is 5.92 Å². The fraction of sp³-hybridized carbons (Fsp3) is 0.417. The van der Waals surface area contributed by atoms with E-state index in [-0.39, 0.29) is 35.3 Å². The van der Waals surface area contributed by atoms with Gasteiger partial charge in [-0.05, 0) is 36.1 Å². The fourth-order valence-electron chi connectivity index (χ4n) is 3.55. The van der Waals surface area contributed by atoms with E-state index in [1.54, 1.807) is 19.1 Å². The van der Waals surface area contributed by atoms with Crippen LogP contribution >= 0.6 is 23.2 Å². The number of hydrogen-bond acceptors (Lipinski definition) is 6. The summed E-state index contributed by atoms with van der Waals surface area (Å²) in [7, 11) is -4.03. The van der Waals surface area contributed by atoms with Gasteiger partial charge < -0.3 is 10.2 Å². The molecule has 2 aromatic rings. The molecular weight excluding hydrogens is 543 g/mol. The fourth-order valence-corrected chi connectivity index (χ4v) is 4.86. The van der Waals surface area contributed by atoms with E-state index >= 15 is 0 Å². The Morgan fingerprint density at radius 1 is 1.14 bits per heavy atom. The molecular formula is C24H30Cl2N4O6S. The molecule has 1 N–H and O–H groups in total. The van der Waals surface area contributed by atoms with Crippen LogP contribution < -0.4 is 9.62 Å². The first-order chi connectivity index (χ1) is 17.2. The predicted molar refractivity (Wildman–Crippen MR) is 144 cm³/mol. The molecule has 0 fully saturated rings. The monoisotopic (exact) mass is 572 g/mol. The van der Waals surface area contributed by atoms with Crippen molar-refractivity contribution in [3.05, 3.63) is 68.2 Å². The summed E-state index contributed by atoms with van der Waals surface area (Å²) in [5.74, 6) is -0.906. The van der Waals surface area contributed by atoms with Crippen LogP contribution in [0.25, 0.3) is 0 Å². The van der Waals surface area contributed by atoms with Crippen molar-refractivity contribution in [2.75, 3.05) is 23.7 Å². The largest absolute Gasteiger partial charge is 0.354 e. The Bertz CT molecular complexity index is 1260. The Labute approximate surface area is 226 Å². The summed E-state index contributed by atoms with van der Waals surface area (Å²) in [6, 6.07) is 8.77. The van der Waals surface area contributed by atoms with Crippen LogP contribution in [0.3, 0.4) is 0 Å². The van der Waals surface area contributed by atoms with Gasteiger partial charge in [-0.25, -0.2) is 8.42 Å². The van der Waals surface area contributed by atoms with E-state index < -0.39 is 39.3 Å². The molecule has 0 aliphatic heterocycles. The first-order valence-corrected chi connectivity index (χ1v) is 14.1. The Morgan fingerprint density at radius 2 is 1.81 bits per heavy atom. The second-order valence-electron chi connectivity index (χ2n) is 8.87. The van der Waals surface area contributed by atoms with Crippen molar-refractivity contribution in [3.8, 4) is 0 Å². The minimum absolute atomic E-state index is 0.0492. The van der Waals surface area contributed by atoms with Crippen molar-refractivity contribution >= 4 is 56.4 Å². The third-order valence-electron chi connectivity index (χ3n) is 5.43. The summed E-state index contributed by atoms with van der Waals surface area (Å²) >= 11 is 12.3. The van der Waals surface area contributed by atoms with E-state index in [1.165, 1.54) is 29.2 Å². The number of nitro benzene ring substituents is 1. The highest BCUT2D eigenvalue weighted by Gasteiger charge is 2.32. The molecule has 0 aliphatic carbocycles. The molecule has 0 aliphatic rings. The quantitative estimate of drug-likeness (QED) is 0.299. The smallest absolute Gasteiger partial charge is 0.271 e. The maximum absolute atomic E-state index is 13.7. The van der Waals surface area contributed by atoms with Gasteiger partial charge >= 0.3 is 0 Å². The molecule has 0 unspecified atom stereocenters. The van der Waals surface area contributed by atoms with Gasteiger partial charge in [0.2, 0.25) is 21.8 Å². The van der Waals surface area contributed by atoms with Crippen molar-refractivity contribution in [1.82, 2.24) is 10.2 Å². The van der Waals surface area contributed by atoms with E-state index in [2.05, 4.69) is 5.32 Å². The van der Waals surface area contributed by atoms with E-state index in [9.17, 15) is 28.1 Å². The van der Waals surface area contributed by atoms with Crippen molar-refractivity contribution in [2.45, 2.75) is 39.8 Å². The lowest BCUT2D eigenvalue weighted by Crippen LogP contribution is -2.52. The number of benzene rings is 2. The molecule has 2 rings (SSSR count). The summed E-state index contributed by atoms with van der Waals surface area (Å²) in [6.45, 7) is 5.22. The molecule has 10 nitrogen and oxygen atoms in total. The van der Waals surface area contributed by atoms with Crippen LogP contribution in [-0.2, 0) is 26.2 Å². The molecule has 0 bridgehead atoms. The molecule has 202 valence electrons. The van der Waals surface area contributed by atoms with Crippen LogP contribution in [0.2, 0.25) is 10.0 Å². The number of hydrogen-bond donors (Lipinski definition) is 1. The van der Waals surface area contributed by atoms with Gasteiger partial charge in [0, 0.05) is 35.3 Å². The lowest BCUT2D eigenvalue weighted by molar-refractivity contribution is -0.384.